The Morgan fingerprint density at radius 3 is 2.39 bits per heavy atom. The van der Waals surface area contributed by atoms with Crippen LogP contribution in [-0.4, -0.2) is 68.8 Å². The Hall–Kier alpha value is -1.85. The highest BCUT2D eigenvalue weighted by Crippen LogP contribution is 2.32. The number of carbonyl (C=O) groups excluding carboxylic acids is 1. The lowest BCUT2D eigenvalue weighted by Gasteiger charge is -2.30. The lowest BCUT2D eigenvalue weighted by molar-refractivity contribution is 0.0986. The minimum atomic E-state index is -3.61. The molecule has 1 aromatic heterocycles. The van der Waals surface area contributed by atoms with Crippen molar-refractivity contribution >= 4 is 58.5 Å². The van der Waals surface area contributed by atoms with Crippen molar-refractivity contribution in [3.63, 3.8) is 0 Å². The van der Waals surface area contributed by atoms with E-state index in [4.69, 9.17) is 4.98 Å². The second-order valence-electron chi connectivity index (χ2n) is 9.56. The zero-order chi connectivity index (χ0) is 25.9. The smallest absolute Gasteiger partial charge is 0.260 e. The van der Waals surface area contributed by atoms with E-state index in [1.165, 1.54) is 15.6 Å². The summed E-state index contributed by atoms with van der Waals surface area (Å²) in [6.07, 6.45) is 5.86. The summed E-state index contributed by atoms with van der Waals surface area (Å²) >= 11 is 4.98. The number of nitrogens with zero attached hydrogens (tertiary/aromatic N) is 4. The Bertz CT molecular complexity index is 1300. The molecule has 0 unspecified atom stereocenters. The number of aromatic nitrogens is 1. The predicted molar refractivity (Wildman–Crippen MR) is 150 cm³/mol. The van der Waals surface area contributed by atoms with Gasteiger partial charge in [-0.05, 0) is 82.4 Å². The number of fused-ring (bicyclic) bond motifs is 1. The lowest BCUT2D eigenvalue weighted by atomic mass is 9.96. The third kappa shape index (κ3) is 6.16. The van der Waals surface area contributed by atoms with Crippen LogP contribution in [0.25, 0.3) is 10.2 Å². The van der Waals surface area contributed by atoms with Gasteiger partial charge < -0.3 is 4.90 Å². The fourth-order valence-electron chi connectivity index (χ4n) is 4.56. The molecule has 0 radical (unpaired) electrons. The van der Waals surface area contributed by atoms with Crippen LogP contribution >= 0.6 is 27.3 Å². The maximum atomic E-state index is 13.6. The number of rotatable bonds is 9. The molecular weight excluding hydrogens is 560 g/mol. The monoisotopic (exact) mass is 592 g/mol. The minimum absolute atomic E-state index is 0.0383. The van der Waals surface area contributed by atoms with Crippen LogP contribution in [-0.2, 0) is 10.0 Å². The van der Waals surface area contributed by atoms with Gasteiger partial charge in [-0.1, -0.05) is 46.5 Å². The Labute approximate surface area is 226 Å². The van der Waals surface area contributed by atoms with E-state index in [-0.39, 0.29) is 16.8 Å². The van der Waals surface area contributed by atoms with E-state index >= 15 is 0 Å². The number of hydrogen-bond donors (Lipinski definition) is 0. The molecule has 0 saturated heterocycles. The fourth-order valence-corrected chi connectivity index (χ4v) is 7.52. The number of hydrogen-bond acceptors (Lipinski definition) is 6. The maximum Gasteiger partial charge on any atom is 0.260 e. The summed E-state index contributed by atoms with van der Waals surface area (Å²) < 4.78 is 29.9. The van der Waals surface area contributed by atoms with Crippen molar-refractivity contribution in [2.24, 2.45) is 0 Å². The van der Waals surface area contributed by atoms with Gasteiger partial charge in [0.05, 0.1) is 15.1 Å². The zero-order valence-corrected chi connectivity index (χ0v) is 24.2. The minimum Gasteiger partial charge on any atom is -0.309 e. The van der Waals surface area contributed by atoms with Gasteiger partial charge in [0.15, 0.2) is 5.13 Å². The summed E-state index contributed by atoms with van der Waals surface area (Å²) in [6, 6.07) is 12.3. The molecule has 36 heavy (non-hydrogen) atoms. The van der Waals surface area contributed by atoms with Crippen LogP contribution in [0.5, 0.6) is 0 Å². The van der Waals surface area contributed by atoms with Gasteiger partial charge in [-0.3, -0.25) is 9.69 Å². The summed E-state index contributed by atoms with van der Waals surface area (Å²) in [4.78, 5) is 22.3. The van der Waals surface area contributed by atoms with Crippen molar-refractivity contribution in [2.75, 3.05) is 39.1 Å². The Balaban J connectivity index is 1.58. The number of carbonyl (C=O) groups is 1. The lowest BCUT2D eigenvalue weighted by Crippen LogP contribution is -2.38. The summed E-state index contributed by atoms with van der Waals surface area (Å²) in [6.45, 7) is 1.35. The third-order valence-electron chi connectivity index (χ3n) is 6.67. The molecular formula is C26H33BrN4O3S2. The van der Waals surface area contributed by atoms with Gasteiger partial charge >= 0.3 is 0 Å². The predicted octanol–water partition coefficient (Wildman–Crippen LogP) is 5.61. The standard InChI is InChI=1S/C26H33BrN4O3S2/c1-29(2)16-7-17-31(26-28-23-15-12-20(27)18-24(23)35-26)25(32)19-10-13-22(14-11-19)36(33,34)30(3)21-8-5-4-6-9-21/h10-15,18,21H,4-9,16-17H2,1-3H3. The first-order valence-corrected chi connectivity index (χ1v) is 15.3. The van der Waals surface area contributed by atoms with Gasteiger partial charge in [0.1, 0.15) is 0 Å². The van der Waals surface area contributed by atoms with Gasteiger partial charge in [0.25, 0.3) is 5.91 Å². The molecule has 2 aromatic carbocycles. The van der Waals surface area contributed by atoms with Crippen LogP contribution in [0.15, 0.2) is 51.8 Å². The Morgan fingerprint density at radius 1 is 1.03 bits per heavy atom. The van der Waals surface area contributed by atoms with E-state index in [1.807, 2.05) is 32.3 Å². The van der Waals surface area contributed by atoms with E-state index in [0.29, 0.717) is 17.2 Å². The maximum absolute atomic E-state index is 13.6. The van der Waals surface area contributed by atoms with Crippen LogP contribution in [0.3, 0.4) is 0 Å². The number of benzene rings is 2. The normalized spacial score (nSPS) is 15.2. The highest BCUT2D eigenvalue weighted by molar-refractivity contribution is 9.10. The van der Waals surface area contributed by atoms with Gasteiger partial charge in [0, 0.05) is 29.7 Å². The summed E-state index contributed by atoms with van der Waals surface area (Å²) in [5.41, 5.74) is 1.29. The molecule has 0 spiro atoms. The average Bonchev–Trinajstić information content (AvgIpc) is 3.29. The molecule has 1 amide bonds. The van der Waals surface area contributed by atoms with E-state index in [0.717, 1.165) is 59.8 Å². The number of sulfonamides is 1. The summed E-state index contributed by atoms with van der Waals surface area (Å²) in [5.74, 6) is -0.184. The first-order valence-electron chi connectivity index (χ1n) is 12.3. The van der Waals surface area contributed by atoms with Crippen molar-refractivity contribution < 1.29 is 13.2 Å². The van der Waals surface area contributed by atoms with Crippen LogP contribution in [0.4, 0.5) is 5.13 Å². The van der Waals surface area contributed by atoms with E-state index in [1.54, 1.807) is 36.2 Å². The van der Waals surface area contributed by atoms with E-state index in [2.05, 4.69) is 20.8 Å². The van der Waals surface area contributed by atoms with Gasteiger partial charge in [-0.25, -0.2) is 13.4 Å². The van der Waals surface area contributed by atoms with Crippen LogP contribution in [0, 0.1) is 0 Å². The summed E-state index contributed by atoms with van der Waals surface area (Å²) in [7, 11) is 2.07. The van der Waals surface area contributed by atoms with Crippen LogP contribution < -0.4 is 4.90 Å². The van der Waals surface area contributed by atoms with E-state index in [9.17, 15) is 13.2 Å². The van der Waals surface area contributed by atoms with Gasteiger partial charge in [-0.15, -0.1) is 0 Å². The Kier molecular flexibility index (Phi) is 8.83. The first-order chi connectivity index (χ1) is 17.2. The summed E-state index contributed by atoms with van der Waals surface area (Å²) in [5, 5.41) is 0.639. The quantitative estimate of drug-likeness (QED) is 0.323. The first kappa shape index (κ1) is 27.2. The molecule has 7 nitrogen and oxygen atoms in total. The van der Waals surface area contributed by atoms with Crippen molar-refractivity contribution in [3.8, 4) is 0 Å². The van der Waals surface area contributed by atoms with Crippen molar-refractivity contribution in [3.05, 3.63) is 52.5 Å². The molecule has 1 aliphatic carbocycles. The topological polar surface area (TPSA) is 73.8 Å². The molecule has 1 aliphatic rings. The Morgan fingerprint density at radius 2 is 1.72 bits per heavy atom. The third-order valence-corrected chi connectivity index (χ3v) is 10.1. The molecule has 1 fully saturated rings. The van der Waals surface area contributed by atoms with Crippen molar-refractivity contribution in [1.82, 2.24) is 14.2 Å². The van der Waals surface area contributed by atoms with Crippen LogP contribution in [0.1, 0.15) is 48.9 Å². The molecule has 0 bridgehead atoms. The SMILES string of the molecule is CN(C)CCCN(C(=O)c1ccc(S(=O)(=O)N(C)C2CCCCC2)cc1)c1nc2ccc(Br)cc2s1. The number of anilines is 1. The largest absolute Gasteiger partial charge is 0.309 e. The molecule has 10 heteroatoms. The molecule has 194 valence electrons. The fraction of sp³-hybridized carbons (Fsp3) is 0.462. The number of amides is 1. The molecule has 0 N–H and O–H groups in total. The average molecular weight is 594 g/mol. The molecule has 3 aromatic rings. The molecule has 1 saturated carbocycles. The highest BCUT2D eigenvalue weighted by Gasteiger charge is 2.29. The molecule has 4 rings (SSSR count). The van der Waals surface area contributed by atoms with Crippen LogP contribution in [0.2, 0.25) is 0 Å². The van der Waals surface area contributed by atoms with E-state index < -0.39 is 10.0 Å². The highest BCUT2D eigenvalue weighted by atomic mass is 79.9. The molecule has 1 heterocycles. The van der Waals surface area contributed by atoms with Crippen molar-refractivity contribution in [1.29, 1.82) is 0 Å². The zero-order valence-electron chi connectivity index (χ0n) is 21.0. The molecule has 0 aliphatic heterocycles. The van der Waals surface area contributed by atoms with Crippen molar-refractivity contribution in [2.45, 2.75) is 49.5 Å². The second kappa shape index (κ2) is 11.7. The number of halogens is 1. The van der Waals surface area contributed by atoms with Gasteiger partial charge in [-0.2, -0.15) is 4.31 Å². The second-order valence-corrected chi connectivity index (χ2v) is 13.5. The van der Waals surface area contributed by atoms with Gasteiger partial charge in [0.2, 0.25) is 10.0 Å². The molecule has 0 atom stereocenters. The number of thiazole rings is 1.